The van der Waals surface area contributed by atoms with Crippen LogP contribution in [0.15, 0.2) is 0 Å². The SMILES string of the molecule is CCN(C)C(=O)C(C)C(=O)OC. The summed E-state index contributed by atoms with van der Waals surface area (Å²) in [5, 5.41) is 0. The van der Waals surface area contributed by atoms with Crippen LogP contribution in [-0.4, -0.2) is 37.5 Å². The quantitative estimate of drug-likeness (QED) is 0.454. The summed E-state index contributed by atoms with van der Waals surface area (Å²) in [4.78, 5) is 23.7. The number of carbonyl (C=O) groups is 2. The van der Waals surface area contributed by atoms with Crippen LogP contribution in [-0.2, 0) is 14.3 Å². The first-order valence-electron chi connectivity index (χ1n) is 3.87. The number of hydrogen-bond acceptors (Lipinski definition) is 3. The van der Waals surface area contributed by atoms with Crippen molar-refractivity contribution in [1.29, 1.82) is 0 Å². The highest BCUT2D eigenvalue weighted by molar-refractivity contribution is 5.97. The normalized spacial score (nSPS) is 12.0. The lowest BCUT2D eigenvalue weighted by Gasteiger charge is -2.17. The van der Waals surface area contributed by atoms with E-state index < -0.39 is 11.9 Å². The van der Waals surface area contributed by atoms with Gasteiger partial charge in [0.25, 0.3) is 0 Å². The van der Waals surface area contributed by atoms with Crippen molar-refractivity contribution in [2.45, 2.75) is 13.8 Å². The van der Waals surface area contributed by atoms with E-state index in [1.54, 1.807) is 14.0 Å². The fourth-order valence-corrected chi connectivity index (χ4v) is 0.764. The average Bonchev–Trinajstić information content (AvgIpc) is 2.12. The van der Waals surface area contributed by atoms with Crippen LogP contribution >= 0.6 is 0 Å². The van der Waals surface area contributed by atoms with Gasteiger partial charge in [-0.1, -0.05) is 0 Å². The standard InChI is InChI=1S/C8H15NO3/c1-5-9(3)7(10)6(2)8(11)12-4/h6H,5H2,1-4H3. The Bertz CT molecular complexity index is 179. The van der Waals surface area contributed by atoms with E-state index >= 15 is 0 Å². The van der Waals surface area contributed by atoms with E-state index in [-0.39, 0.29) is 5.91 Å². The van der Waals surface area contributed by atoms with Gasteiger partial charge < -0.3 is 9.64 Å². The molecule has 0 spiro atoms. The Morgan fingerprint density at radius 1 is 1.50 bits per heavy atom. The number of hydrogen-bond donors (Lipinski definition) is 0. The van der Waals surface area contributed by atoms with E-state index in [2.05, 4.69) is 4.74 Å². The molecule has 0 aromatic carbocycles. The summed E-state index contributed by atoms with van der Waals surface area (Å²) < 4.78 is 4.44. The first kappa shape index (κ1) is 10.9. The van der Waals surface area contributed by atoms with Crippen molar-refractivity contribution >= 4 is 11.9 Å². The molecule has 1 atom stereocenters. The van der Waals surface area contributed by atoms with Gasteiger partial charge in [0, 0.05) is 13.6 Å². The Kier molecular flexibility index (Phi) is 4.33. The van der Waals surface area contributed by atoms with E-state index in [4.69, 9.17) is 0 Å². The summed E-state index contributed by atoms with van der Waals surface area (Å²) >= 11 is 0. The molecule has 0 aliphatic heterocycles. The molecular formula is C8H15NO3. The van der Waals surface area contributed by atoms with Gasteiger partial charge in [-0.25, -0.2) is 0 Å². The van der Waals surface area contributed by atoms with Crippen molar-refractivity contribution in [1.82, 2.24) is 4.90 Å². The maximum absolute atomic E-state index is 11.3. The number of nitrogens with zero attached hydrogens (tertiary/aromatic N) is 1. The molecule has 0 radical (unpaired) electrons. The van der Waals surface area contributed by atoms with Crippen molar-refractivity contribution in [3.05, 3.63) is 0 Å². The molecule has 0 aliphatic carbocycles. The first-order valence-corrected chi connectivity index (χ1v) is 3.87. The molecule has 70 valence electrons. The minimum absolute atomic E-state index is 0.204. The fraction of sp³-hybridized carbons (Fsp3) is 0.750. The van der Waals surface area contributed by atoms with E-state index in [1.165, 1.54) is 12.0 Å². The van der Waals surface area contributed by atoms with Gasteiger partial charge in [-0.2, -0.15) is 0 Å². The number of rotatable bonds is 3. The third-order valence-electron chi connectivity index (χ3n) is 1.78. The average molecular weight is 173 g/mol. The summed E-state index contributed by atoms with van der Waals surface area (Å²) in [6.07, 6.45) is 0. The summed E-state index contributed by atoms with van der Waals surface area (Å²) in [6.45, 7) is 3.99. The van der Waals surface area contributed by atoms with Gasteiger partial charge in [0.2, 0.25) is 5.91 Å². The minimum Gasteiger partial charge on any atom is -0.468 e. The maximum Gasteiger partial charge on any atom is 0.317 e. The van der Waals surface area contributed by atoms with Crippen molar-refractivity contribution < 1.29 is 14.3 Å². The molecule has 12 heavy (non-hydrogen) atoms. The van der Waals surface area contributed by atoms with E-state index in [1.807, 2.05) is 6.92 Å². The van der Waals surface area contributed by atoms with Crippen LogP contribution in [0.5, 0.6) is 0 Å². The second-order valence-corrected chi connectivity index (χ2v) is 2.60. The molecule has 0 rings (SSSR count). The zero-order valence-electron chi connectivity index (χ0n) is 7.96. The van der Waals surface area contributed by atoms with Gasteiger partial charge in [0.1, 0.15) is 5.92 Å². The van der Waals surface area contributed by atoms with E-state index in [9.17, 15) is 9.59 Å². The molecule has 0 heterocycles. The topological polar surface area (TPSA) is 46.6 Å². The zero-order valence-corrected chi connectivity index (χ0v) is 7.96. The lowest BCUT2D eigenvalue weighted by atomic mass is 10.1. The third-order valence-corrected chi connectivity index (χ3v) is 1.78. The van der Waals surface area contributed by atoms with Crippen molar-refractivity contribution in [2.24, 2.45) is 5.92 Å². The molecule has 0 saturated heterocycles. The Hall–Kier alpha value is -1.06. The largest absolute Gasteiger partial charge is 0.468 e. The van der Waals surface area contributed by atoms with Crippen molar-refractivity contribution in [2.75, 3.05) is 20.7 Å². The second kappa shape index (κ2) is 4.74. The van der Waals surface area contributed by atoms with Crippen LogP contribution in [0.1, 0.15) is 13.8 Å². The second-order valence-electron chi connectivity index (χ2n) is 2.60. The molecule has 0 aromatic rings. The first-order chi connectivity index (χ1) is 5.54. The molecule has 0 fully saturated rings. The summed E-state index contributed by atoms with van der Waals surface area (Å²) in [6, 6.07) is 0. The predicted molar refractivity (Wildman–Crippen MR) is 44.5 cm³/mol. The molecule has 0 aliphatic rings. The highest BCUT2D eigenvalue weighted by Crippen LogP contribution is 2.02. The molecule has 0 N–H and O–H groups in total. The third kappa shape index (κ3) is 2.53. The number of carbonyl (C=O) groups excluding carboxylic acids is 2. The van der Waals surface area contributed by atoms with Gasteiger partial charge in [-0.3, -0.25) is 9.59 Å². The highest BCUT2D eigenvalue weighted by atomic mass is 16.5. The van der Waals surface area contributed by atoms with Gasteiger partial charge in [0.15, 0.2) is 0 Å². The Morgan fingerprint density at radius 3 is 2.33 bits per heavy atom. The van der Waals surface area contributed by atoms with Crippen molar-refractivity contribution in [3.63, 3.8) is 0 Å². The number of ether oxygens (including phenoxy) is 1. The molecular weight excluding hydrogens is 158 g/mol. The molecule has 4 nitrogen and oxygen atoms in total. The van der Waals surface area contributed by atoms with Gasteiger partial charge in [0.05, 0.1) is 7.11 Å². The van der Waals surface area contributed by atoms with Gasteiger partial charge in [-0.15, -0.1) is 0 Å². The minimum atomic E-state index is -0.694. The van der Waals surface area contributed by atoms with Crippen LogP contribution in [0, 0.1) is 5.92 Å². The fourth-order valence-electron chi connectivity index (χ4n) is 0.764. The Labute approximate surface area is 72.5 Å². The Balaban J connectivity index is 4.19. The molecule has 0 saturated carbocycles. The Morgan fingerprint density at radius 2 is 2.00 bits per heavy atom. The van der Waals surface area contributed by atoms with Crippen LogP contribution in [0.4, 0.5) is 0 Å². The molecule has 0 bridgehead atoms. The molecule has 0 aromatic heterocycles. The van der Waals surface area contributed by atoms with Crippen LogP contribution in [0.25, 0.3) is 0 Å². The lowest BCUT2D eigenvalue weighted by Crippen LogP contribution is -2.35. The van der Waals surface area contributed by atoms with Crippen LogP contribution < -0.4 is 0 Å². The summed E-state index contributed by atoms with van der Waals surface area (Å²) in [5.74, 6) is -1.38. The summed E-state index contributed by atoms with van der Waals surface area (Å²) in [5.41, 5.74) is 0. The van der Waals surface area contributed by atoms with E-state index in [0.717, 1.165) is 0 Å². The number of amides is 1. The molecule has 4 heteroatoms. The van der Waals surface area contributed by atoms with Crippen LogP contribution in [0.3, 0.4) is 0 Å². The number of esters is 1. The van der Waals surface area contributed by atoms with Crippen molar-refractivity contribution in [3.8, 4) is 0 Å². The number of methoxy groups -OCH3 is 1. The predicted octanol–water partition coefficient (Wildman–Crippen LogP) is 0.274. The highest BCUT2D eigenvalue weighted by Gasteiger charge is 2.24. The van der Waals surface area contributed by atoms with Gasteiger partial charge in [-0.05, 0) is 13.8 Å². The molecule has 1 amide bonds. The summed E-state index contributed by atoms with van der Waals surface area (Å²) in [7, 11) is 2.93. The van der Waals surface area contributed by atoms with Crippen LogP contribution in [0.2, 0.25) is 0 Å². The monoisotopic (exact) mass is 173 g/mol. The van der Waals surface area contributed by atoms with E-state index in [0.29, 0.717) is 6.54 Å². The molecule has 1 unspecified atom stereocenters. The zero-order chi connectivity index (χ0) is 9.72. The maximum atomic E-state index is 11.3. The smallest absolute Gasteiger partial charge is 0.317 e. The van der Waals surface area contributed by atoms with Gasteiger partial charge >= 0.3 is 5.97 Å². The lowest BCUT2D eigenvalue weighted by molar-refractivity contribution is -0.152.